The zero-order valence-electron chi connectivity index (χ0n) is 77.5. The fourth-order valence-electron chi connectivity index (χ4n) is 21.3. The second-order valence-electron chi connectivity index (χ2n) is 36.9. The summed E-state index contributed by atoms with van der Waals surface area (Å²) in [4.78, 5) is 2.66. The molecule has 140 heavy (non-hydrogen) atoms. The van der Waals surface area contributed by atoms with Gasteiger partial charge in [0.25, 0.3) is 0 Å². The Bertz CT molecular complexity index is 8520. The van der Waals surface area contributed by atoms with Crippen LogP contribution >= 0.6 is 21.9 Å². The standard InChI is InChI=1S/2C45H35N2OP.C36H26NO3PS/c1-45(2)39-22-12-14-24-43(39)46(44-25-15-13-23-40(44)45)34-27-29-42-38(31-34)37-30-33(32-16-6-3-7-17-32)26-28-41(37)47(42)49(48,35-18-8-4-9-19-35)36-20-10-5-11-21-36;1-45(2)39-23-13-15-25-43(39)47(49(48,35-18-8-4-9-19-35)36-20-10-5-11-21-36)44-29-27-34(31-40(44)45)46-41-24-14-12-22-37(41)38-30-33(26-28-42(38)46)32-16-6-3-7-17-32;38-41(31-17-9-3-10-18-31,32-19-11-4-12-20-32)37-33-23-21-29(27-13-5-1-6-14-27)25-35(33)42(39,40)36-26-30(22-24-34(36)37)28-15-7-2-8-16-28/h2*3-31H,1-2H3;1-26H. The van der Waals surface area contributed by atoms with Gasteiger partial charge < -0.3 is 9.47 Å². The summed E-state index contributed by atoms with van der Waals surface area (Å²) in [6, 6.07) is 171. The van der Waals surface area contributed by atoms with Gasteiger partial charge in [-0.2, -0.15) is 0 Å². The van der Waals surface area contributed by atoms with Crippen molar-refractivity contribution in [1.82, 2.24) is 8.90 Å². The summed E-state index contributed by atoms with van der Waals surface area (Å²) < 4.78 is 85.2. The van der Waals surface area contributed by atoms with Crippen molar-refractivity contribution in [2.24, 2.45) is 0 Å². The van der Waals surface area contributed by atoms with Crippen molar-refractivity contribution in [2.45, 2.75) is 48.3 Å². The summed E-state index contributed by atoms with van der Waals surface area (Å²) in [6.45, 7) is 9.21. The Morgan fingerprint density at radius 3 is 0.907 bits per heavy atom. The maximum Gasteiger partial charge on any atom is 0.234 e. The van der Waals surface area contributed by atoms with E-state index < -0.39 is 31.7 Å². The second kappa shape index (κ2) is 35.6. The van der Waals surface area contributed by atoms with Gasteiger partial charge in [-0.25, -0.2) is 8.42 Å². The van der Waals surface area contributed by atoms with Crippen molar-refractivity contribution < 1.29 is 22.1 Å². The molecule has 25 rings (SSSR count). The number of anilines is 7. The lowest BCUT2D eigenvalue weighted by Gasteiger charge is -2.45. The van der Waals surface area contributed by atoms with E-state index in [1.165, 1.54) is 44.4 Å². The normalized spacial score (nSPS) is 13.7. The van der Waals surface area contributed by atoms with Crippen molar-refractivity contribution in [3.63, 3.8) is 0 Å². The van der Waals surface area contributed by atoms with E-state index in [2.05, 4.69) is 271 Å². The molecule has 5 heterocycles. The van der Waals surface area contributed by atoms with Gasteiger partial charge in [-0.15, -0.1) is 0 Å². The summed E-state index contributed by atoms with van der Waals surface area (Å²) in [7, 11) is -14.4. The first-order chi connectivity index (χ1) is 68.4. The van der Waals surface area contributed by atoms with Gasteiger partial charge in [0.1, 0.15) is 0 Å². The molecule has 0 spiro atoms. The number of aromatic nitrogens is 2. The molecule has 0 saturated heterocycles. The highest BCUT2D eigenvalue weighted by Crippen LogP contribution is 2.65. The minimum atomic E-state index is -3.98. The van der Waals surface area contributed by atoms with Crippen molar-refractivity contribution >= 4 is 147 Å². The van der Waals surface area contributed by atoms with Gasteiger partial charge in [0.15, 0.2) is 0 Å². The highest BCUT2D eigenvalue weighted by molar-refractivity contribution is 7.92. The molecule has 0 amide bonds. The highest BCUT2D eigenvalue weighted by atomic mass is 32.2. The van der Waals surface area contributed by atoms with Crippen LogP contribution < -0.4 is 46.1 Å². The Labute approximate surface area is 816 Å². The lowest BCUT2D eigenvalue weighted by Crippen LogP contribution is -2.36. The Balaban J connectivity index is 0.000000118. The smallest absolute Gasteiger partial charge is 0.234 e. The quantitative estimate of drug-likeness (QED) is 0.0935. The van der Waals surface area contributed by atoms with Gasteiger partial charge in [0.2, 0.25) is 31.7 Å². The lowest BCUT2D eigenvalue weighted by molar-refractivity contribution is 0.582. The molecule has 0 radical (unpaired) electrons. The van der Waals surface area contributed by atoms with Crippen LogP contribution in [0.5, 0.6) is 0 Å². The molecule has 20 aromatic carbocycles. The van der Waals surface area contributed by atoms with Crippen LogP contribution in [0.25, 0.3) is 93.8 Å². The minimum Gasteiger partial charge on any atom is -0.310 e. The molecule has 22 aromatic rings. The maximum atomic E-state index is 16.0. The lowest BCUT2D eigenvalue weighted by atomic mass is 9.73. The Kier molecular flexibility index (Phi) is 22.4. The van der Waals surface area contributed by atoms with Crippen LogP contribution in [0.4, 0.5) is 39.8 Å². The molecule has 0 N–H and O–H groups in total. The molecule has 10 nitrogen and oxygen atoms in total. The number of sulfone groups is 1. The van der Waals surface area contributed by atoms with Gasteiger partial charge in [-0.3, -0.25) is 27.4 Å². The number of nitrogens with zero attached hydrogens (tertiary/aromatic N) is 5. The summed E-state index contributed by atoms with van der Waals surface area (Å²) >= 11 is 0. The van der Waals surface area contributed by atoms with Gasteiger partial charge in [0, 0.05) is 75.6 Å². The third-order valence-corrected chi connectivity index (χ3v) is 38.9. The largest absolute Gasteiger partial charge is 0.310 e. The zero-order valence-corrected chi connectivity index (χ0v) is 81.0. The van der Waals surface area contributed by atoms with E-state index in [0.29, 0.717) is 22.0 Å². The molecular weight excluding hydrogens is 1790 g/mol. The van der Waals surface area contributed by atoms with Gasteiger partial charge in [-0.05, 0) is 249 Å². The molecule has 0 fully saturated rings. The molecule has 3 aliphatic rings. The first-order valence-corrected chi connectivity index (χ1v) is 53.7. The number of fused-ring (bicyclic) bond motifs is 12. The third-order valence-electron chi connectivity index (χ3n) is 28.1. The van der Waals surface area contributed by atoms with E-state index in [9.17, 15) is 8.42 Å². The van der Waals surface area contributed by atoms with E-state index in [1.54, 1.807) is 28.9 Å². The van der Waals surface area contributed by atoms with Crippen LogP contribution in [-0.4, -0.2) is 17.3 Å². The predicted octanol–water partition coefficient (Wildman–Crippen LogP) is 30.7. The predicted molar refractivity (Wildman–Crippen MR) is 585 cm³/mol. The molecular formula is C126H96N5O5P3S. The van der Waals surface area contributed by atoms with E-state index >= 15 is 13.7 Å². The van der Waals surface area contributed by atoms with Crippen molar-refractivity contribution in [1.29, 1.82) is 0 Å². The fourth-order valence-corrected chi connectivity index (χ4v) is 31.7. The summed E-state index contributed by atoms with van der Waals surface area (Å²) in [5.74, 6) is 0. The average molecular weight is 1890 g/mol. The Morgan fingerprint density at radius 2 is 0.486 bits per heavy atom. The summed E-state index contributed by atoms with van der Waals surface area (Å²) in [5.41, 5.74) is 23.9. The molecule has 0 unspecified atom stereocenters. The van der Waals surface area contributed by atoms with E-state index in [0.717, 1.165) is 121 Å². The van der Waals surface area contributed by atoms with Gasteiger partial charge >= 0.3 is 0 Å². The van der Waals surface area contributed by atoms with Crippen molar-refractivity contribution in [3.05, 3.63) is 532 Å². The topological polar surface area (TPSA) is 105 Å². The summed E-state index contributed by atoms with van der Waals surface area (Å²) in [6.07, 6.45) is 0. The van der Waals surface area contributed by atoms with E-state index in [4.69, 9.17) is 0 Å². The van der Waals surface area contributed by atoms with E-state index in [-0.39, 0.29) is 20.6 Å². The first-order valence-electron chi connectivity index (χ1n) is 47.3. The highest BCUT2D eigenvalue weighted by Gasteiger charge is 2.48. The average Bonchev–Trinajstić information content (AvgIpc) is 0.936. The van der Waals surface area contributed by atoms with Crippen LogP contribution in [0, 0.1) is 0 Å². The Hall–Kier alpha value is -16.0. The summed E-state index contributed by atoms with van der Waals surface area (Å²) in [5, 5.41) is 9.04. The monoisotopic (exact) mass is 1880 g/mol. The SMILES string of the molecule is CC1(C)c2ccccc2N(P(=O)(c2ccccc2)c2ccccc2)c2ccc(-n3c4ccccc4c4cc(-c5ccccc5)ccc43)cc21.CC1(C)c2ccccc2N(c2ccc3c(c2)c2cc(-c4ccccc4)ccc2n3P(=O)(c2ccccc2)c2ccccc2)c2ccccc21.O=P(c1ccccc1)(c1ccccc1)N1c2ccc(-c3ccccc3)cc2S(=O)(=O)c2cc(-c3ccccc3)ccc21. The molecule has 0 aliphatic carbocycles. The minimum absolute atomic E-state index is 0.133. The first kappa shape index (κ1) is 88.0. The molecule has 0 bridgehead atoms. The maximum absolute atomic E-state index is 16.0. The van der Waals surface area contributed by atoms with Crippen molar-refractivity contribution in [3.8, 4) is 50.2 Å². The Morgan fingerprint density at radius 1 is 0.207 bits per heavy atom. The van der Waals surface area contributed by atoms with Crippen molar-refractivity contribution in [2.75, 3.05) is 14.2 Å². The van der Waals surface area contributed by atoms with Gasteiger partial charge in [-0.1, -0.05) is 355 Å². The second-order valence-corrected chi connectivity index (χ2v) is 46.5. The van der Waals surface area contributed by atoms with Crippen LogP contribution in [0.15, 0.2) is 519 Å². The zero-order chi connectivity index (χ0) is 95.1. The number of rotatable bonds is 15. The molecule has 3 aliphatic heterocycles. The number of benzene rings is 20. The molecule has 676 valence electrons. The molecule has 14 heteroatoms. The third kappa shape index (κ3) is 14.8. The van der Waals surface area contributed by atoms with E-state index in [1.807, 2.05) is 261 Å². The number of hydrogen-bond donors (Lipinski definition) is 0. The molecule has 0 atom stereocenters. The molecule has 2 aromatic heterocycles. The van der Waals surface area contributed by atoms with Gasteiger partial charge in [0.05, 0.1) is 66.0 Å². The number of para-hydroxylation sites is 4. The van der Waals surface area contributed by atoms with Crippen LogP contribution in [0.1, 0.15) is 49.9 Å². The van der Waals surface area contributed by atoms with Crippen LogP contribution in [0.2, 0.25) is 0 Å². The van der Waals surface area contributed by atoms with Crippen LogP contribution in [-0.2, 0) is 34.4 Å². The van der Waals surface area contributed by atoms with Crippen LogP contribution in [0.3, 0.4) is 0 Å². The molecule has 0 saturated carbocycles. The number of hydrogen-bond acceptors (Lipinski definition) is 6. The fraction of sp³-hybridized carbons (Fsp3) is 0.0476.